The predicted octanol–water partition coefficient (Wildman–Crippen LogP) is 3.24. The molecular formula is C13H14N2S. The van der Waals surface area contributed by atoms with Gasteiger partial charge in [-0.2, -0.15) is 0 Å². The minimum Gasteiger partial charge on any atom is -0.398 e. The van der Waals surface area contributed by atoms with Gasteiger partial charge in [-0.3, -0.25) is 4.98 Å². The topological polar surface area (TPSA) is 38.9 Å². The van der Waals surface area contributed by atoms with Gasteiger partial charge in [0.15, 0.2) is 0 Å². The number of hydrogen-bond acceptors (Lipinski definition) is 3. The summed E-state index contributed by atoms with van der Waals surface area (Å²) in [5.41, 5.74) is 10.7. The van der Waals surface area contributed by atoms with E-state index in [4.69, 9.17) is 5.73 Å². The smallest absolute Gasteiger partial charge is 0.0708 e. The van der Waals surface area contributed by atoms with Crippen LogP contribution in [0.3, 0.4) is 0 Å². The van der Waals surface area contributed by atoms with E-state index < -0.39 is 0 Å². The molecule has 0 aliphatic heterocycles. The molecule has 0 amide bonds. The number of thiol groups is 1. The minimum absolute atomic E-state index is 0.691. The van der Waals surface area contributed by atoms with Crippen LogP contribution in [0.2, 0.25) is 0 Å². The van der Waals surface area contributed by atoms with Crippen molar-refractivity contribution in [2.75, 3.05) is 5.73 Å². The van der Waals surface area contributed by atoms with E-state index in [1.807, 2.05) is 25.1 Å². The number of hydrogen-bond donors (Lipinski definition) is 2. The van der Waals surface area contributed by atoms with Crippen LogP contribution in [-0.2, 0) is 0 Å². The summed E-state index contributed by atoms with van der Waals surface area (Å²) in [5.74, 6) is 0. The maximum atomic E-state index is 5.73. The Morgan fingerprint density at radius 3 is 2.50 bits per heavy atom. The van der Waals surface area contributed by atoms with Gasteiger partial charge in [-0.25, -0.2) is 0 Å². The molecule has 0 fully saturated rings. The average molecular weight is 230 g/mol. The van der Waals surface area contributed by atoms with E-state index >= 15 is 0 Å². The van der Waals surface area contributed by atoms with Crippen molar-refractivity contribution >= 4 is 18.3 Å². The van der Waals surface area contributed by atoms with Crippen LogP contribution < -0.4 is 5.73 Å². The first kappa shape index (κ1) is 11.0. The van der Waals surface area contributed by atoms with E-state index in [1.165, 1.54) is 5.56 Å². The number of benzene rings is 1. The summed E-state index contributed by atoms with van der Waals surface area (Å²) in [6, 6.07) is 9.89. The van der Waals surface area contributed by atoms with Gasteiger partial charge in [0.2, 0.25) is 0 Å². The van der Waals surface area contributed by atoms with Crippen LogP contribution in [-0.4, -0.2) is 4.98 Å². The van der Waals surface area contributed by atoms with Gasteiger partial charge in [-0.05, 0) is 43.7 Å². The zero-order chi connectivity index (χ0) is 11.7. The minimum atomic E-state index is 0.691. The van der Waals surface area contributed by atoms with Crippen LogP contribution in [0.25, 0.3) is 11.3 Å². The Morgan fingerprint density at radius 2 is 1.88 bits per heavy atom. The SMILES string of the molecule is Cc1cc(C)nc(-c2ccc(N)c(S)c2)c1. The number of aromatic nitrogens is 1. The molecule has 0 bridgehead atoms. The highest BCUT2D eigenvalue weighted by molar-refractivity contribution is 7.80. The maximum Gasteiger partial charge on any atom is 0.0708 e. The van der Waals surface area contributed by atoms with Gasteiger partial charge in [-0.15, -0.1) is 12.6 Å². The van der Waals surface area contributed by atoms with Crippen molar-refractivity contribution in [1.29, 1.82) is 0 Å². The molecule has 2 nitrogen and oxygen atoms in total. The lowest BCUT2D eigenvalue weighted by atomic mass is 10.1. The Bertz CT molecular complexity index is 515. The third-order valence-electron chi connectivity index (χ3n) is 2.42. The molecule has 16 heavy (non-hydrogen) atoms. The highest BCUT2D eigenvalue weighted by Gasteiger charge is 2.03. The molecule has 0 spiro atoms. The first-order chi connectivity index (χ1) is 7.56. The predicted molar refractivity (Wildman–Crippen MR) is 70.8 cm³/mol. The number of nitrogens with two attached hydrogens (primary N) is 1. The lowest BCUT2D eigenvalue weighted by molar-refractivity contribution is 1.18. The second-order valence-electron chi connectivity index (χ2n) is 3.94. The molecular weight excluding hydrogens is 216 g/mol. The van der Waals surface area contributed by atoms with E-state index in [-0.39, 0.29) is 0 Å². The Hall–Kier alpha value is -1.48. The van der Waals surface area contributed by atoms with Crippen LogP contribution in [0.15, 0.2) is 35.2 Å². The van der Waals surface area contributed by atoms with Crippen LogP contribution in [0.4, 0.5) is 5.69 Å². The Labute approximate surface area is 101 Å². The van der Waals surface area contributed by atoms with Gasteiger partial charge in [0.05, 0.1) is 5.69 Å². The van der Waals surface area contributed by atoms with E-state index in [0.717, 1.165) is 21.8 Å². The first-order valence-electron chi connectivity index (χ1n) is 5.10. The molecule has 2 aromatic rings. The van der Waals surface area contributed by atoms with Gasteiger partial charge in [0.25, 0.3) is 0 Å². The summed E-state index contributed by atoms with van der Waals surface area (Å²) in [7, 11) is 0. The van der Waals surface area contributed by atoms with Crippen molar-refractivity contribution in [2.24, 2.45) is 0 Å². The molecule has 82 valence electrons. The summed E-state index contributed by atoms with van der Waals surface area (Å²) in [5, 5.41) is 0. The number of pyridine rings is 1. The molecule has 0 radical (unpaired) electrons. The van der Waals surface area contributed by atoms with Crippen molar-refractivity contribution in [3.8, 4) is 11.3 Å². The number of anilines is 1. The average Bonchev–Trinajstić information content (AvgIpc) is 2.20. The summed E-state index contributed by atoms with van der Waals surface area (Å²) in [6.45, 7) is 4.06. The molecule has 1 aromatic heterocycles. The standard InChI is InChI=1S/C13H14N2S/c1-8-5-9(2)15-12(6-8)10-3-4-11(14)13(16)7-10/h3-7,16H,14H2,1-2H3. The molecule has 0 saturated carbocycles. The first-order valence-corrected chi connectivity index (χ1v) is 5.55. The van der Waals surface area contributed by atoms with E-state index in [1.54, 1.807) is 0 Å². The van der Waals surface area contributed by atoms with Crippen molar-refractivity contribution in [1.82, 2.24) is 4.98 Å². The Balaban J connectivity index is 2.54. The molecule has 1 heterocycles. The number of nitrogens with zero attached hydrogens (tertiary/aromatic N) is 1. The normalized spacial score (nSPS) is 10.4. The van der Waals surface area contributed by atoms with Crippen molar-refractivity contribution in [3.05, 3.63) is 41.6 Å². The van der Waals surface area contributed by atoms with Gasteiger partial charge in [-0.1, -0.05) is 6.07 Å². The number of nitrogen functional groups attached to an aromatic ring is 1. The lowest BCUT2D eigenvalue weighted by Crippen LogP contribution is -1.91. The fraction of sp³-hybridized carbons (Fsp3) is 0.154. The monoisotopic (exact) mass is 230 g/mol. The van der Waals surface area contributed by atoms with Crippen molar-refractivity contribution < 1.29 is 0 Å². The van der Waals surface area contributed by atoms with E-state index in [0.29, 0.717) is 5.69 Å². The molecule has 2 rings (SSSR count). The summed E-state index contributed by atoms with van der Waals surface area (Å²) < 4.78 is 0. The van der Waals surface area contributed by atoms with Crippen LogP contribution in [0.5, 0.6) is 0 Å². The van der Waals surface area contributed by atoms with Crippen LogP contribution >= 0.6 is 12.6 Å². The molecule has 0 saturated heterocycles. The number of aryl methyl sites for hydroxylation is 2. The Morgan fingerprint density at radius 1 is 1.12 bits per heavy atom. The zero-order valence-electron chi connectivity index (χ0n) is 9.36. The van der Waals surface area contributed by atoms with Gasteiger partial charge >= 0.3 is 0 Å². The Kier molecular flexibility index (Phi) is 2.88. The molecule has 0 aliphatic carbocycles. The van der Waals surface area contributed by atoms with Crippen LogP contribution in [0.1, 0.15) is 11.3 Å². The van der Waals surface area contributed by atoms with Gasteiger partial charge < -0.3 is 5.73 Å². The molecule has 0 unspecified atom stereocenters. The van der Waals surface area contributed by atoms with Crippen molar-refractivity contribution in [3.63, 3.8) is 0 Å². The van der Waals surface area contributed by atoms with Crippen LogP contribution in [0, 0.1) is 13.8 Å². The molecule has 0 aliphatic rings. The zero-order valence-corrected chi connectivity index (χ0v) is 10.3. The summed E-state index contributed by atoms with van der Waals surface area (Å²) in [6.07, 6.45) is 0. The summed E-state index contributed by atoms with van der Waals surface area (Å²) in [4.78, 5) is 5.29. The fourth-order valence-electron chi connectivity index (χ4n) is 1.69. The van der Waals surface area contributed by atoms with Gasteiger partial charge in [0, 0.05) is 21.8 Å². The molecule has 0 atom stereocenters. The molecule has 2 N–H and O–H groups in total. The second-order valence-corrected chi connectivity index (χ2v) is 4.43. The largest absolute Gasteiger partial charge is 0.398 e. The third-order valence-corrected chi connectivity index (χ3v) is 2.81. The van der Waals surface area contributed by atoms with E-state index in [2.05, 4.69) is 36.7 Å². The molecule has 1 aromatic carbocycles. The van der Waals surface area contributed by atoms with Gasteiger partial charge in [0.1, 0.15) is 0 Å². The third kappa shape index (κ3) is 2.19. The second kappa shape index (κ2) is 4.18. The summed E-state index contributed by atoms with van der Waals surface area (Å²) >= 11 is 4.32. The highest BCUT2D eigenvalue weighted by Crippen LogP contribution is 2.25. The quantitative estimate of drug-likeness (QED) is 0.583. The highest BCUT2D eigenvalue weighted by atomic mass is 32.1. The molecule has 3 heteroatoms. The lowest BCUT2D eigenvalue weighted by Gasteiger charge is -2.06. The van der Waals surface area contributed by atoms with Crippen molar-refractivity contribution in [2.45, 2.75) is 18.7 Å². The fourth-order valence-corrected chi connectivity index (χ4v) is 1.91. The number of rotatable bonds is 1. The maximum absolute atomic E-state index is 5.73. The van der Waals surface area contributed by atoms with E-state index in [9.17, 15) is 0 Å².